The number of aromatic nitrogens is 2. The Morgan fingerprint density at radius 2 is 2.05 bits per heavy atom. The van der Waals surface area contributed by atoms with E-state index in [1.165, 1.54) is 6.20 Å². The van der Waals surface area contributed by atoms with E-state index in [0.717, 1.165) is 38.8 Å². The molecule has 6 nitrogen and oxygen atoms in total. The van der Waals surface area contributed by atoms with Crippen LogP contribution in [0.4, 0.5) is 5.95 Å². The Hall–Kier alpha value is -1.40. The van der Waals surface area contributed by atoms with Gasteiger partial charge >= 0.3 is 0 Å². The van der Waals surface area contributed by atoms with Gasteiger partial charge in [-0.3, -0.25) is 4.79 Å². The Labute approximate surface area is 128 Å². The third-order valence-corrected chi connectivity index (χ3v) is 4.28. The lowest BCUT2D eigenvalue weighted by Gasteiger charge is -2.30. The summed E-state index contributed by atoms with van der Waals surface area (Å²) in [6.45, 7) is 2.81. The standard InChI is InChI=1S/C14H19ClN4O2/c15-11-8-16-14(18-5-1-2-6-18)17-12(11)13(21)19-7-3-4-10(20)9-19/h8,10,20H,1-7,9H2. The van der Waals surface area contributed by atoms with Crippen molar-refractivity contribution in [2.75, 3.05) is 31.1 Å². The molecule has 114 valence electrons. The molecule has 0 spiro atoms. The molecule has 0 bridgehead atoms. The normalized spacial score (nSPS) is 22.7. The van der Waals surface area contributed by atoms with Gasteiger partial charge < -0.3 is 14.9 Å². The van der Waals surface area contributed by atoms with Gasteiger partial charge in [-0.05, 0) is 25.7 Å². The van der Waals surface area contributed by atoms with Crippen molar-refractivity contribution in [2.24, 2.45) is 0 Å². The van der Waals surface area contributed by atoms with Gasteiger partial charge in [0, 0.05) is 26.2 Å². The summed E-state index contributed by atoms with van der Waals surface area (Å²) in [5.74, 6) is 0.347. The van der Waals surface area contributed by atoms with Gasteiger partial charge in [-0.2, -0.15) is 0 Å². The molecule has 1 aromatic heterocycles. The third kappa shape index (κ3) is 3.11. The maximum absolute atomic E-state index is 12.6. The number of carbonyl (C=O) groups excluding carboxylic acids is 1. The summed E-state index contributed by atoms with van der Waals surface area (Å²) in [7, 11) is 0. The van der Waals surface area contributed by atoms with Crippen LogP contribution in [0, 0.1) is 0 Å². The van der Waals surface area contributed by atoms with Crippen molar-refractivity contribution in [3.05, 3.63) is 16.9 Å². The number of rotatable bonds is 2. The van der Waals surface area contributed by atoms with Crippen LogP contribution in [0.1, 0.15) is 36.2 Å². The van der Waals surface area contributed by atoms with Crippen molar-refractivity contribution < 1.29 is 9.90 Å². The average Bonchev–Trinajstić information content (AvgIpc) is 3.01. The number of likely N-dealkylation sites (tertiary alicyclic amines) is 1. The first-order chi connectivity index (χ1) is 10.1. The summed E-state index contributed by atoms with van der Waals surface area (Å²) >= 11 is 6.10. The molecule has 0 radical (unpaired) electrons. The predicted octanol–water partition coefficient (Wildman–Crippen LogP) is 1.33. The van der Waals surface area contributed by atoms with Crippen molar-refractivity contribution in [3.8, 4) is 0 Å². The van der Waals surface area contributed by atoms with Crippen molar-refractivity contribution in [3.63, 3.8) is 0 Å². The van der Waals surface area contributed by atoms with Crippen LogP contribution >= 0.6 is 11.6 Å². The van der Waals surface area contributed by atoms with E-state index in [4.69, 9.17) is 11.6 Å². The number of piperidine rings is 1. The fraction of sp³-hybridized carbons (Fsp3) is 0.643. The van der Waals surface area contributed by atoms with E-state index >= 15 is 0 Å². The zero-order valence-electron chi connectivity index (χ0n) is 11.8. The fourth-order valence-electron chi connectivity index (χ4n) is 2.87. The monoisotopic (exact) mass is 310 g/mol. The van der Waals surface area contributed by atoms with E-state index in [9.17, 15) is 9.90 Å². The molecule has 3 heterocycles. The molecule has 1 amide bonds. The number of nitrogens with zero attached hydrogens (tertiary/aromatic N) is 4. The van der Waals surface area contributed by atoms with E-state index in [-0.39, 0.29) is 16.6 Å². The second-order valence-electron chi connectivity index (χ2n) is 5.61. The highest BCUT2D eigenvalue weighted by atomic mass is 35.5. The van der Waals surface area contributed by atoms with Crippen LogP contribution in [-0.2, 0) is 0 Å². The summed E-state index contributed by atoms with van der Waals surface area (Å²) in [4.78, 5) is 24.8. The van der Waals surface area contributed by atoms with Crippen molar-refractivity contribution >= 4 is 23.5 Å². The Kier molecular flexibility index (Phi) is 4.26. The molecular weight excluding hydrogens is 292 g/mol. The minimum Gasteiger partial charge on any atom is -0.391 e. The summed E-state index contributed by atoms with van der Waals surface area (Å²) in [6.07, 6.45) is 4.81. The summed E-state index contributed by atoms with van der Waals surface area (Å²) in [5.41, 5.74) is 0.239. The van der Waals surface area contributed by atoms with E-state index in [0.29, 0.717) is 19.0 Å². The Morgan fingerprint density at radius 3 is 2.76 bits per heavy atom. The lowest BCUT2D eigenvalue weighted by molar-refractivity contribution is 0.0469. The van der Waals surface area contributed by atoms with E-state index < -0.39 is 6.10 Å². The summed E-state index contributed by atoms with van der Waals surface area (Å²) < 4.78 is 0. The van der Waals surface area contributed by atoms with Gasteiger partial charge in [0.2, 0.25) is 5.95 Å². The highest BCUT2D eigenvalue weighted by Gasteiger charge is 2.27. The van der Waals surface area contributed by atoms with Gasteiger partial charge in [-0.25, -0.2) is 9.97 Å². The van der Waals surface area contributed by atoms with Gasteiger partial charge in [0.25, 0.3) is 5.91 Å². The van der Waals surface area contributed by atoms with E-state index in [1.54, 1.807) is 4.90 Å². The number of β-amino-alcohol motifs (C(OH)–C–C–N with tert-alkyl or cyclic N) is 1. The molecular formula is C14H19ClN4O2. The predicted molar refractivity (Wildman–Crippen MR) is 79.6 cm³/mol. The molecule has 1 atom stereocenters. The van der Waals surface area contributed by atoms with Crippen LogP contribution in [-0.4, -0.2) is 58.2 Å². The average molecular weight is 311 g/mol. The molecule has 2 fully saturated rings. The van der Waals surface area contributed by atoms with Gasteiger partial charge in [0.1, 0.15) is 0 Å². The zero-order chi connectivity index (χ0) is 14.8. The number of aliphatic hydroxyl groups is 1. The van der Waals surface area contributed by atoms with Crippen molar-refractivity contribution in [2.45, 2.75) is 31.8 Å². The smallest absolute Gasteiger partial charge is 0.274 e. The molecule has 0 saturated carbocycles. The molecule has 21 heavy (non-hydrogen) atoms. The van der Waals surface area contributed by atoms with Crippen molar-refractivity contribution in [1.29, 1.82) is 0 Å². The van der Waals surface area contributed by atoms with Crippen LogP contribution < -0.4 is 4.90 Å². The van der Waals surface area contributed by atoms with Crippen molar-refractivity contribution in [1.82, 2.24) is 14.9 Å². The highest BCUT2D eigenvalue weighted by Crippen LogP contribution is 2.22. The quantitative estimate of drug-likeness (QED) is 0.892. The first-order valence-corrected chi connectivity index (χ1v) is 7.78. The van der Waals surface area contributed by atoms with Gasteiger partial charge in [0.05, 0.1) is 17.3 Å². The molecule has 2 saturated heterocycles. The Bertz CT molecular complexity index is 534. The summed E-state index contributed by atoms with van der Waals surface area (Å²) in [5, 5.41) is 9.97. The highest BCUT2D eigenvalue weighted by molar-refractivity contribution is 6.33. The first kappa shape index (κ1) is 14.5. The molecule has 2 aliphatic rings. The number of hydrogen-bond donors (Lipinski definition) is 1. The van der Waals surface area contributed by atoms with Gasteiger partial charge in [-0.15, -0.1) is 0 Å². The molecule has 1 N–H and O–H groups in total. The molecule has 7 heteroatoms. The Morgan fingerprint density at radius 1 is 1.29 bits per heavy atom. The molecule has 3 rings (SSSR count). The molecule has 1 unspecified atom stereocenters. The van der Waals surface area contributed by atoms with Gasteiger partial charge in [0.15, 0.2) is 5.69 Å². The Balaban J connectivity index is 1.82. The SMILES string of the molecule is O=C(c1nc(N2CCCC2)ncc1Cl)N1CCCC(O)C1. The first-order valence-electron chi connectivity index (χ1n) is 7.40. The maximum atomic E-state index is 12.6. The van der Waals surface area contributed by atoms with Crippen LogP contribution in [0.15, 0.2) is 6.20 Å². The number of halogens is 1. The second kappa shape index (κ2) is 6.15. The third-order valence-electron chi connectivity index (χ3n) is 4.01. The van der Waals surface area contributed by atoms with Crippen LogP contribution in [0.5, 0.6) is 0 Å². The van der Waals surface area contributed by atoms with Crippen LogP contribution in [0.2, 0.25) is 5.02 Å². The number of aliphatic hydroxyl groups excluding tert-OH is 1. The number of amides is 1. The fourth-order valence-corrected chi connectivity index (χ4v) is 3.04. The maximum Gasteiger partial charge on any atom is 0.274 e. The summed E-state index contributed by atoms with van der Waals surface area (Å²) in [6, 6.07) is 0. The largest absolute Gasteiger partial charge is 0.391 e. The number of carbonyl (C=O) groups is 1. The lowest BCUT2D eigenvalue weighted by atomic mass is 10.1. The number of hydrogen-bond acceptors (Lipinski definition) is 5. The second-order valence-corrected chi connectivity index (χ2v) is 6.02. The van der Waals surface area contributed by atoms with E-state index in [2.05, 4.69) is 14.9 Å². The molecule has 0 aromatic carbocycles. The minimum atomic E-state index is -0.457. The number of anilines is 1. The van der Waals surface area contributed by atoms with Crippen LogP contribution in [0.3, 0.4) is 0 Å². The lowest BCUT2D eigenvalue weighted by Crippen LogP contribution is -2.42. The minimum absolute atomic E-state index is 0.221. The molecule has 1 aromatic rings. The molecule has 0 aliphatic carbocycles. The topological polar surface area (TPSA) is 69.6 Å². The van der Waals surface area contributed by atoms with Crippen LogP contribution in [0.25, 0.3) is 0 Å². The van der Waals surface area contributed by atoms with E-state index in [1.807, 2.05) is 0 Å². The zero-order valence-corrected chi connectivity index (χ0v) is 12.6. The molecule has 2 aliphatic heterocycles. The van der Waals surface area contributed by atoms with Gasteiger partial charge in [-0.1, -0.05) is 11.6 Å².